The van der Waals surface area contributed by atoms with Crippen molar-refractivity contribution in [2.75, 3.05) is 6.61 Å². The van der Waals surface area contributed by atoms with Gasteiger partial charge in [-0.1, -0.05) is 34.1 Å². The van der Waals surface area contributed by atoms with E-state index in [2.05, 4.69) is 15.9 Å². The van der Waals surface area contributed by atoms with Gasteiger partial charge in [-0.15, -0.1) is 0 Å². The van der Waals surface area contributed by atoms with Gasteiger partial charge in [-0.3, -0.25) is 0 Å². The van der Waals surface area contributed by atoms with Crippen LogP contribution >= 0.6 is 15.9 Å². The number of halogens is 1. The third-order valence-corrected chi connectivity index (χ3v) is 2.74. The quantitative estimate of drug-likeness (QED) is 0.688. The van der Waals surface area contributed by atoms with Gasteiger partial charge in [0, 0.05) is 5.56 Å². The fourth-order valence-electron chi connectivity index (χ4n) is 1.31. The van der Waals surface area contributed by atoms with E-state index in [1.165, 1.54) is 0 Å². The first kappa shape index (κ1) is 8.08. The van der Waals surface area contributed by atoms with Crippen LogP contribution < -0.4 is 4.74 Å². The summed E-state index contributed by atoms with van der Waals surface area (Å²) in [5.74, 6) is 0.792. The van der Waals surface area contributed by atoms with Gasteiger partial charge < -0.3 is 9.84 Å². The molecule has 0 aromatic heterocycles. The van der Waals surface area contributed by atoms with Crippen LogP contribution in [0.25, 0.3) is 0 Å². The number of fused-ring (bicyclic) bond motifs is 1. The fraction of sp³-hybridized carbons (Fsp3) is 0.333. The number of para-hydroxylation sites is 1. The van der Waals surface area contributed by atoms with Crippen molar-refractivity contribution >= 4 is 15.9 Å². The summed E-state index contributed by atoms with van der Waals surface area (Å²) in [6.45, 7) is 0.526. The monoisotopic (exact) mass is 228 g/mol. The molecule has 1 aliphatic heterocycles. The second-order valence-corrected chi connectivity index (χ2v) is 3.99. The molecule has 2 atom stereocenters. The zero-order valence-electron chi connectivity index (χ0n) is 6.40. The first-order chi connectivity index (χ1) is 5.79. The lowest BCUT2D eigenvalue weighted by molar-refractivity contribution is 0.125. The molecule has 0 unspecified atom stereocenters. The molecule has 3 heteroatoms. The normalized spacial score (nSPS) is 27.5. The molecule has 12 heavy (non-hydrogen) atoms. The van der Waals surface area contributed by atoms with Crippen molar-refractivity contribution in [3.63, 3.8) is 0 Å². The largest absolute Gasteiger partial charge is 0.492 e. The minimum atomic E-state index is -0.449. The lowest BCUT2D eigenvalue weighted by atomic mass is 10.0. The van der Waals surface area contributed by atoms with E-state index in [4.69, 9.17) is 4.74 Å². The second-order valence-electron chi connectivity index (χ2n) is 2.81. The summed E-state index contributed by atoms with van der Waals surface area (Å²) < 4.78 is 5.40. The average molecular weight is 229 g/mol. The maximum Gasteiger partial charge on any atom is 0.125 e. The van der Waals surface area contributed by atoms with Crippen LogP contribution in [-0.2, 0) is 0 Å². The summed E-state index contributed by atoms with van der Waals surface area (Å²) in [5, 5.41) is 9.70. The van der Waals surface area contributed by atoms with Crippen LogP contribution in [0, 0.1) is 0 Å². The maximum atomic E-state index is 9.70. The standard InChI is InChI=1S/C9H9BrO2/c10-7-5-12-8-4-2-1-3-6(8)9(7)11/h1-4,7,9,11H,5H2/t7-,9-/m1/s1. The van der Waals surface area contributed by atoms with E-state index < -0.39 is 6.10 Å². The summed E-state index contributed by atoms with van der Waals surface area (Å²) in [6, 6.07) is 7.56. The number of benzene rings is 1. The zero-order valence-corrected chi connectivity index (χ0v) is 7.99. The van der Waals surface area contributed by atoms with Crippen molar-refractivity contribution in [2.24, 2.45) is 0 Å². The highest BCUT2D eigenvalue weighted by molar-refractivity contribution is 9.09. The van der Waals surface area contributed by atoms with E-state index in [0.717, 1.165) is 11.3 Å². The summed E-state index contributed by atoms with van der Waals surface area (Å²) >= 11 is 3.35. The van der Waals surface area contributed by atoms with Crippen molar-refractivity contribution in [3.05, 3.63) is 29.8 Å². The molecule has 0 saturated carbocycles. The Morgan fingerprint density at radius 3 is 3.00 bits per heavy atom. The van der Waals surface area contributed by atoms with Crippen LogP contribution in [0.2, 0.25) is 0 Å². The molecular weight excluding hydrogens is 220 g/mol. The highest BCUT2D eigenvalue weighted by Crippen LogP contribution is 2.34. The number of hydrogen-bond acceptors (Lipinski definition) is 2. The molecule has 0 saturated heterocycles. The zero-order chi connectivity index (χ0) is 8.55. The SMILES string of the molecule is O[C@@H]1c2ccccc2OC[C@H]1Br. The van der Waals surface area contributed by atoms with Gasteiger partial charge in [-0.05, 0) is 6.07 Å². The summed E-state index contributed by atoms with van der Waals surface area (Å²) in [6.07, 6.45) is -0.449. The molecule has 0 radical (unpaired) electrons. The van der Waals surface area contributed by atoms with Gasteiger partial charge in [0.25, 0.3) is 0 Å². The molecule has 1 aliphatic rings. The Kier molecular flexibility index (Phi) is 2.07. The topological polar surface area (TPSA) is 29.5 Å². The van der Waals surface area contributed by atoms with Crippen LogP contribution in [0.15, 0.2) is 24.3 Å². The van der Waals surface area contributed by atoms with Gasteiger partial charge >= 0.3 is 0 Å². The van der Waals surface area contributed by atoms with E-state index in [9.17, 15) is 5.11 Å². The first-order valence-corrected chi connectivity index (χ1v) is 4.74. The molecular formula is C9H9BrO2. The minimum absolute atomic E-state index is 0.00685. The summed E-state index contributed by atoms with van der Waals surface area (Å²) in [7, 11) is 0. The number of ether oxygens (including phenoxy) is 1. The molecule has 1 aromatic carbocycles. The van der Waals surface area contributed by atoms with E-state index in [0.29, 0.717) is 6.61 Å². The van der Waals surface area contributed by atoms with Gasteiger partial charge in [0.2, 0.25) is 0 Å². The van der Waals surface area contributed by atoms with Crippen LogP contribution in [0.5, 0.6) is 5.75 Å². The highest BCUT2D eigenvalue weighted by Gasteiger charge is 2.26. The molecule has 0 bridgehead atoms. The van der Waals surface area contributed by atoms with E-state index in [1.807, 2.05) is 24.3 Å². The van der Waals surface area contributed by atoms with Crippen LogP contribution in [-0.4, -0.2) is 16.5 Å². The summed E-state index contributed by atoms with van der Waals surface area (Å²) in [5.41, 5.74) is 0.866. The lowest BCUT2D eigenvalue weighted by Gasteiger charge is -2.26. The molecule has 2 rings (SSSR count). The second kappa shape index (κ2) is 3.07. The first-order valence-electron chi connectivity index (χ1n) is 3.83. The maximum absolute atomic E-state index is 9.70. The lowest BCUT2D eigenvalue weighted by Crippen LogP contribution is -2.25. The molecule has 0 amide bonds. The molecule has 0 spiro atoms. The predicted molar refractivity (Wildman–Crippen MR) is 49.6 cm³/mol. The Balaban J connectivity index is 2.42. The number of hydrogen-bond donors (Lipinski definition) is 1. The van der Waals surface area contributed by atoms with Crippen LogP contribution in [0.4, 0.5) is 0 Å². The van der Waals surface area contributed by atoms with Crippen molar-refractivity contribution in [1.82, 2.24) is 0 Å². The van der Waals surface area contributed by atoms with Crippen molar-refractivity contribution in [2.45, 2.75) is 10.9 Å². The van der Waals surface area contributed by atoms with Crippen LogP contribution in [0.1, 0.15) is 11.7 Å². The third-order valence-electron chi connectivity index (χ3n) is 1.98. The Hall–Kier alpha value is -0.540. The molecule has 0 fully saturated rings. The van der Waals surface area contributed by atoms with Gasteiger partial charge in [0.1, 0.15) is 12.4 Å². The van der Waals surface area contributed by atoms with Gasteiger partial charge in [0.15, 0.2) is 0 Å². The Bertz CT molecular complexity index is 288. The van der Waals surface area contributed by atoms with Crippen molar-refractivity contribution < 1.29 is 9.84 Å². The van der Waals surface area contributed by atoms with E-state index >= 15 is 0 Å². The van der Waals surface area contributed by atoms with Gasteiger partial charge in [0.05, 0.1) is 10.9 Å². The number of aliphatic hydroxyl groups is 1. The van der Waals surface area contributed by atoms with Crippen LogP contribution in [0.3, 0.4) is 0 Å². The highest BCUT2D eigenvalue weighted by atomic mass is 79.9. The predicted octanol–water partition coefficient (Wildman–Crippen LogP) is 1.88. The number of aliphatic hydroxyl groups excluding tert-OH is 1. The van der Waals surface area contributed by atoms with E-state index in [-0.39, 0.29) is 4.83 Å². The molecule has 1 heterocycles. The number of rotatable bonds is 0. The average Bonchev–Trinajstić information content (AvgIpc) is 2.12. The summed E-state index contributed by atoms with van der Waals surface area (Å²) in [4.78, 5) is 0.00685. The number of alkyl halides is 1. The molecule has 0 aliphatic carbocycles. The molecule has 64 valence electrons. The molecule has 1 aromatic rings. The van der Waals surface area contributed by atoms with Crippen molar-refractivity contribution in [1.29, 1.82) is 0 Å². The molecule has 1 N–H and O–H groups in total. The van der Waals surface area contributed by atoms with Gasteiger partial charge in [-0.25, -0.2) is 0 Å². The Morgan fingerprint density at radius 2 is 2.17 bits per heavy atom. The van der Waals surface area contributed by atoms with E-state index in [1.54, 1.807) is 0 Å². The van der Waals surface area contributed by atoms with Crippen molar-refractivity contribution in [3.8, 4) is 5.75 Å². The Morgan fingerprint density at radius 1 is 1.42 bits per heavy atom. The third kappa shape index (κ3) is 1.23. The fourth-order valence-corrected chi connectivity index (χ4v) is 1.73. The minimum Gasteiger partial charge on any atom is -0.492 e. The van der Waals surface area contributed by atoms with Gasteiger partial charge in [-0.2, -0.15) is 0 Å². The molecule has 2 nitrogen and oxygen atoms in total. The smallest absolute Gasteiger partial charge is 0.125 e. The Labute approximate surface area is 79.3 Å².